The summed E-state index contributed by atoms with van der Waals surface area (Å²) in [5.41, 5.74) is 8.11. The molecule has 0 bridgehead atoms. The van der Waals surface area contributed by atoms with Crippen molar-refractivity contribution in [3.63, 3.8) is 0 Å². The Morgan fingerprint density at radius 1 is 1.10 bits per heavy atom. The molecule has 1 fully saturated rings. The van der Waals surface area contributed by atoms with Crippen molar-refractivity contribution in [2.75, 3.05) is 11.5 Å². The van der Waals surface area contributed by atoms with E-state index >= 15 is 0 Å². The molecule has 2 aliphatic heterocycles. The van der Waals surface area contributed by atoms with Crippen molar-refractivity contribution in [2.45, 2.75) is 29.2 Å². The number of nitrogens with zero attached hydrogens (tertiary/aromatic N) is 5. The number of aromatic nitrogens is 4. The quantitative estimate of drug-likeness (QED) is 0.110. The number of carbonyl (C=O) groups excluding carboxylic acids is 2. The molecule has 4 aromatic rings. The third kappa shape index (κ3) is 5.13. The Balaban J connectivity index is 1.36. The maximum atomic E-state index is 13.9. The summed E-state index contributed by atoms with van der Waals surface area (Å²) in [5.74, 6) is -1.58. The molecule has 4 heterocycles. The fourth-order valence-corrected chi connectivity index (χ4v) is 7.17. The number of thioether (sulfide) groups is 2. The minimum absolute atomic E-state index is 0.0191. The zero-order valence-electron chi connectivity index (χ0n) is 21.9. The number of esters is 1. The van der Waals surface area contributed by atoms with E-state index in [4.69, 9.17) is 10.5 Å². The molecule has 2 aliphatic rings. The van der Waals surface area contributed by atoms with Crippen LogP contribution in [-0.2, 0) is 20.9 Å². The predicted octanol–water partition coefficient (Wildman–Crippen LogP) is 2.24. The van der Waals surface area contributed by atoms with E-state index in [0.717, 1.165) is 11.1 Å². The van der Waals surface area contributed by atoms with Crippen LogP contribution in [0.25, 0.3) is 5.78 Å². The summed E-state index contributed by atoms with van der Waals surface area (Å²) in [4.78, 5) is 48.0. The third-order valence-electron chi connectivity index (χ3n) is 6.79. The minimum Gasteiger partial charge on any atom is -0.477 e. The summed E-state index contributed by atoms with van der Waals surface area (Å²) in [6.45, 7) is -0.448. The highest BCUT2D eigenvalue weighted by molar-refractivity contribution is 8.01. The number of hydrogen-bond donors (Lipinski definition) is 3. The van der Waals surface area contributed by atoms with Crippen LogP contribution in [0.4, 0.5) is 0 Å². The van der Waals surface area contributed by atoms with Crippen LogP contribution >= 0.6 is 23.5 Å². The number of amides is 1. The Kier molecular flexibility index (Phi) is 7.68. The Hall–Kier alpha value is -4.24. The lowest BCUT2D eigenvalue weighted by Crippen LogP contribution is -2.68. The highest BCUT2D eigenvalue weighted by atomic mass is 32.2. The molecule has 42 heavy (non-hydrogen) atoms. The number of aromatic carboxylic acids is 1. The number of hydrogen-bond acceptors (Lipinski definition) is 11. The van der Waals surface area contributed by atoms with E-state index in [0.29, 0.717) is 16.4 Å². The van der Waals surface area contributed by atoms with Crippen LogP contribution in [0, 0.1) is 0 Å². The molecule has 214 valence electrons. The van der Waals surface area contributed by atoms with E-state index in [1.165, 1.54) is 39.0 Å². The van der Waals surface area contributed by atoms with Crippen LogP contribution in [0.5, 0.6) is 0 Å². The van der Waals surface area contributed by atoms with Crippen molar-refractivity contribution in [1.29, 1.82) is 0 Å². The smallest absolute Gasteiger partial charge is 0.356 e. The van der Waals surface area contributed by atoms with Crippen LogP contribution in [0.1, 0.15) is 33.5 Å². The summed E-state index contributed by atoms with van der Waals surface area (Å²) in [7, 11) is 0. The van der Waals surface area contributed by atoms with Gasteiger partial charge in [-0.15, -0.1) is 28.6 Å². The molecule has 1 unspecified atom stereocenters. The van der Waals surface area contributed by atoms with Crippen molar-refractivity contribution in [3.8, 4) is 0 Å². The van der Waals surface area contributed by atoms with Gasteiger partial charge in [-0.2, -0.15) is 9.50 Å². The van der Waals surface area contributed by atoms with Gasteiger partial charge in [0, 0.05) is 17.6 Å². The van der Waals surface area contributed by atoms with Gasteiger partial charge < -0.3 is 20.7 Å². The van der Waals surface area contributed by atoms with E-state index in [1.807, 2.05) is 60.7 Å². The number of fused-ring (bicyclic) bond motifs is 2. The lowest BCUT2D eigenvalue weighted by molar-refractivity contribution is -0.153. The second-order valence-corrected chi connectivity index (χ2v) is 11.6. The molecular weight excluding hydrogens is 580 g/mol. The monoisotopic (exact) mass is 604 g/mol. The molecule has 2 atom stereocenters. The van der Waals surface area contributed by atoms with Crippen LogP contribution in [-0.4, -0.2) is 75.5 Å². The number of benzene rings is 2. The van der Waals surface area contributed by atoms with Crippen molar-refractivity contribution >= 4 is 47.1 Å². The number of ether oxygens (including phenoxy) is 1. The summed E-state index contributed by atoms with van der Waals surface area (Å²) in [6, 6.07) is 19.3. The van der Waals surface area contributed by atoms with Gasteiger partial charge in [-0.1, -0.05) is 60.7 Å². The van der Waals surface area contributed by atoms with Gasteiger partial charge in [0.2, 0.25) is 5.91 Å². The fraction of sp³-hybridized carbons (Fsp3) is 0.214. The molecule has 0 spiro atoms. The minimum atomic E-state index is -1.25. The van der Waals surface area contributed by atoms with Gasteiger partial charge >= 0.3 is 11.9 Å². The van der Waals surface area contributed by atoms with Crippen molar-refractivity contribution < 1.29 is 29.3 Å². The van der Waals surface area contributed by atoms with E-state index < -0.39 is 36.1 Å². The van der Waals surface area contributed by atoms with Crippen LogP contribution in [0.15, 0.2) is 83.0 Å². The van der Waals surface area contributed by atoms with Gasteiger partial charge in [0.05, 0.1) is 0 Å². The molecule has 0 aliphatic carbocycles. The lowest BCUT2D eigenvalue weighted by Gasteiger charge is -2.48. The molecule has 4 N–H and O–H groups in total. The number of carboxylic acid groups (broad SMARTS) is 1. The fourth-order valence-electron chi connectivity index (χ4n) is 4.75. The van der Waals surface area contributed by atoms with Crippen LogP contribution < -0.4 is 5.73 Å². The predicted molar refractivity (Wildman–Crippen MR) is 153 cm³/mol. The molecule has 2 aromatic carbocycles. The first-order chi connectivity index (χ1) is 20.4. The molecule has 12 nitrogen and oxygen atoms in total. The van der Waals surface area contributed by atoms with Gasteiger partial charge in [0.25, 0.3) is 5.78 Å². The maximum Gasteiger partial charge on any atom is 0.356 e. The SMILES string of the molecule is NC1C(=O)N2C(C(=O)OC(c3ccccc3)c3ccccc3)=C(CSc3cc(C(=O)O)nc4nc(CO)nn34)CS[C@H]12. The average Bonchev–Trinajstić information content (AvgIpc) is 3.46. The molecule has 1 amide bonds. The van der Waals surface area contributed by atoms with E-state index in [1.54, 1.807) is 0 Å². The molecule has 1 saturated heterocycles. The molecule has 0 radical (unpaired) electrons. The number of carboxylic acids is 1. The maximum absolute atomic E-state index is 13.9. The summed E-state index contributed by atoms with van der Waals surface area (Å²) in [5, 5.41) is 23.2. The Bertz CT molecular complexity index is 1670. The normalized spacial score (nSPS) is 18.3. The summed E-state index contributed by atoms with van der Waals surface area (Å²) < 4.78 is 7.47. The first kappa shape index (κ1) is 27.9. The lowest BCUT2D eigenvalue weighted by atomic mass is 10.0. The Morgan fingerprint density at radius 2 is 1.76 bits per heavy atom. The first-order valence-corrected chi connectivity index (χ1v) is 14.9. The van der Waals surface area contributed by atoms with Gasteiger partial charge in [-0.3, -0.25) is 9.69 Å². The second kappa shape index (κ2) is 11.6. The third-order valence-corrected chi connectivity index (χ3v) is 9.23. The van der Waals surface area contributed by atoms with E-state index in [-0.39, 0.29) is 34.7 Å². The zero-order chi connectivity index (χ0) is 29.4. The van der Waals surface area contributed by atoms with Gasteiger partial charge in [0.15, 0.2) is 17.6 Å². The number of rotatable bonds is 9. The number of carbonyl (C=O) groups is 3. The molecule has 0 saturated carbocycles. The summed E-state index contributed by atoms with van der Waals surface area (Å²) in [6.07, 6.45) is -0.718. The Labute approximate surface area is 247 Å². The molecule has 2 aromatic heterocycles. The molecular formula is C28H24N6O6S2. The average molecular weight is 605 g/mol. The number of nitrogens with two attached hydrogens (primary N) is 1. The molecule has 6 rings (SSSR count). The van der Waals surface area contributed by atoms with Crippen LogP contribution in [0.2, 0.25) is 0 Å². The van der Waals surface area contributed by atoms with E-state index in [2.05, 4.69) is 15.1 Å². The van der Waals surface area contributed by atoms with E-state index in [9.17, 15) is 24.6 Å². The highest BCUT2D eigenvalue weighted by Crippen LogP contribution is 2.42. The van der Waals surface area contributed by atoms with Crippen LogP contribution in [0.3, 0.4) is 0 Å². The van der Waals surface area contributed by atoms with Gasteiger partial charge in [-0.05, 0) is 16.7 Å². The standard InChI is InChI=1S/C28H24N6O6S2/c29-21-24(36)33-22(27(39)40-23(15-7-3-1-4-8-15)16-9-5-2-6-10-16)17(14-42-25(21)33)13-41-20-11-18(26(37)38)30-28-31-19(12-35)32-34(20)28/h1-11,21,23,25,35H,12-14,29H2,(H,37,38)/t21?,25-/m1/s1. The largest absolute Gasteiger partial charge is 0.477 e. The zero-order valence-corrected chi connectivity index (χ0v) is 23.5. The number of aliphatic hydroxyl groups is 1. The van der Waals surface area contributed by atoms with Crippen molar-refractivity contribution in [3.05, 3.63) is 101 Å². The number of β-lactam (4-membered cyclic amide) rings is 1. The van der Waals surface area contributed by atoms with Crippen molar-refractivity contribution in [2.24, 2.45) is 5.73 Å². The van der Waals surface area contributed by atoms with Gasteiger partial charge in [0.1, 0.15) is 28.7 Å². The Morgan fingerprint density at radius 3 is 2.38 bits per heavy atom. The highest BCUT2D eigenvalue weighted by Gasteiger charge is 2.52. The second-order valence-electron chi connectivity index (χ2n) is 9.47. The number of aliphatic hydroxyl groups excluding tert-OH is 1. The topological polar surface area (TPSA) is 173 Å². The van der Waals surface area contributed by atoms with Crippen molar-refractivity contribution in [1.82, 2.24) is 24.5 Å². The first-order valence-electron chi connectivity index (χ1n) is 12.8. The molecule has 14 heteroatoms. The summed E-state index contributed by atoms with van der Waals surface area (Å²) >= 11 is 2.65. The van der Waals surface area contributed by atoms with Gasteiger partial charge in [-0.25, -0.2) is 14.6 Å².